The molecule has 0 aromatic rings. The summed E-state index contributed by atoms with van der Waals surface area (Å²) >= 11 is 0. The number of rotatable bonds is 3. The van der Waals surface area contributed by atoms with E-state index >= 15 is 0 Å². The monoisotopic (exact) mass is 282 g/mol. The summed E-state index contributed by atoms with van der Waals surface area (Å²) in [7, 11) is 0. The zero-order valence-electron chi connectivity index (χ0n) is 12.7. The van der Waals surface area contributed by atoms with Crippen LogP contribution < -0.4 is 0 Å². The molecule has 0 aromatic heterocycles. The Labute approximate surface area is 123 Å². The van der Waals surface area contributed by atoms with Crippen LogP contribution in [0.4, 0.5) is 0 Å². The van der Waals surface area contributed by atoms with Crippen LogP contribution in [-0.2, 0) is 4.79 Å². The molecule has 0 aliphatic carbocycles. The predicted octanol–water partition coefficient (Wildman–Crippen LogP) is 2.02. The average molecular weight is 282 g/mol. The molecule has 0 radical (unpaired) electrons. The van der Waals surface area contributed by atoms with Crippen molar-refractivity contribution in [2.75, 3.05) is 32.8 Å². The van der Waals surface area contributed by atoms with Gasteiger partial charge in [-0.2, -0.15) is 0 Å². The van der Waals surface area contributed by atoms with Crippen molar-refractivity contribution in [1.29, 1.82) is 0 Å². The van der Waals surface area contributed by atoms with Crippen LogP contribution in [0.3, 0.4) is 0 Å². The third-order valence-corrected chi connectivity index (χ3v) is 4.76. The van der Waals surface area contributed by atoms with Crippen molar-refractivity contribution in [2.24, 2.45) is 0 Å². The minimum atomic E-state index is 0.188. The predicted molar refractivity (Wildman–Crippen MR) is 80.6 cm³/mol. The molecule has 2 aliphatic rings. The fraction of sp³-hybridized carbons (Fsp3) is 0.938. The van der Waals surface area contributed by atoms with Gasteiger partial charge in [0.15, 0.2) is 0 Å². The first-order valence-electron chi connectivity index (χ1n) is 8.44. The maximum Gasteiger partial charge on any atom is 0.236 e. The van der Waals surface area contributed by atoms with Gasteiger partial charge >= 0.3 is 0 Å². The van der Waals surface area contributed by atoms with Crippen molar-refractivity contribution in [2.45, 2.75) is 63.8 Å². The molecule has 0 bridgehead atoms. The van der Waals surface area contributed by atoms with E-state index in [9.17, 15) is 9.90 Å². The molecule has 2 fully saturated rings. The fourth-order valence-electron chi connectivity index (χ4n) is 3.42. The Bertz CT molecular complexity index is 288. The van der Waals surface area contributed by atoms with Gasteiger partial charge in [-0.05, 0) is 32.2 Å². The molecule has 0 aromatic carbocycles. The maximum absolute atomic E-state index is 12.5. The highest BCUT2D eigenvalue weighted by Crippen LogP contribution is 2.17. The number of aliphatic hydroxyl groups excluding tert-OH is 1. The summed E-state index contributed by atoms with van der Waals surface area (Å²) in [6, 6.07) is 0.191. The van der Waals surface area contributed by atoms with Crippen LogP contribution in [0.25, 0.3) is 0 Å². The second-order valence-electron chi connectivity index (χ2n) is 6.30. The molecule has 1 amide bonds. The van der Waals surface area contributed by atoms with Crippen LogP contribution in [0.15, 0.2) is 0 Å². The second-order valence-corrected chi connectivity index (χ2v) is 6.30. The Kier molecular flexibility index (Phi) is 6.80. The Morgan fingerprint density at radius 1 is 0.900 bits per heavy atom. The van der Waals surface area contributed by atoms with Gasteiger partial charge in [-0.1, -0.05) is 32.1 Å². The Balaban J connectivity index is 1.87. The standard InChI is InChI=1S/C16H30N2O2/c19-14-15-9-5-4-8-12-18(15)13-16(20)17-10-6-2-1-3-7-11-17/h15,19H,1-14H2. The molecule has 2 aliphatic heterocycles. The molecular formula is C16H30N2O2. The minimum Gasteiger partial charge on any atom is -0.395 e. The van der Waals surface area contributed by atoms with Crippen LogP contribution in [-0.4, -0.2) is 59.6 Å². The third kappa shape index (κ3) is 4.74. The Hall–Kier alpha value is -0.610. The van der Waals surface area contributed by atoms with Crippen LogP contribution in [0.5, 0.6) is 0 Å². The Morgan fingerprint density at radius 2 is 1.50 bits per heavy atom. The number of likely N-dealkylation sites (tertiary alicyclic amines) is 2. The highest BCUT2D eigenvalue weighted by Gasteiger charge is 2.24. The minimum absolute atomic E-state index is 0.188. The lowest BCUT2D eigenvalue weighted by Gasteiger charge is -2.31. The number of aliphatic hydroxyl groups is 1. The molecule has 116 valence electrons. The van der Waals surface area contributed by atoms with E-state index in [1.165, 1.54) is 32.1 Å². The molecule has 0 saturated carbocycles. The number of nitrogens with zero attached hydrogens (tertiary/aromatic N) is 2. The van der Waals surface area contributed by atoms with E-state index in [2.05, 4.69) is 9.80 Å². The van der Waals surface area contributed by atoms with Crippen LogP contribution in [0, 0.1) is 0 Å². The lowest BCUT2D eigenvalue weighted by atomic mass is 10.1. The molecule has 1 N–H and O–H groups in total. The van der Waals surface area contributed by atoms with Gasteiger partial charge in [-0.25, -0.2) is 0 Å². The molecule has 4 nitrogen and oxygen atoms in total. The highest BCUT2D eigenvalue weighted by molar-refractivity contribution is 5.78. The van der Waals surface area contributed by atoms with Gasteiger partial charge < -0.3 is 10.0 Å². The molecular weight excluding hydrogens is 252 g/mol. The van der Waals surface area contributed by atoms with E-state index in [4.69, 9.17) is 0 Å². The lowest BCUT2D eigenvalue weighted by Crippen LogP contribution is -2.46. The Morgan fingerprint density at radius 3 is 2.20 bits per heavy atom. The summed E-state index contributed by atoms with van der Waals surface area (Å²) in [6.45, 7) is 3.51. The van der Waals surface area contributed by atoms with Crippen molar-refractivity contribution < 1.29 is 9.90 Å². The molecule has 0 spiro atoms. The number of amides is 1. The van der Waals surface area contributed by atoms with Crippen LogP contribution >= 0.6 is 0 Å². The van der Waals surface area contributed by atoms with Gasteiger partial charge in [0.05, 0.1) is 13.2 Å². The van der Waals surface area contributed by atoms with Crippen LogP contribution in [0.2, 0.25) is 0 Å². The van der Waals surface area contributed by atoms with Gasteiger partial charge in [0, 0.05) is 19.1 Å². The zero-order chi connectivity index (χ0) is 14.2. The van der Waals surface area contributed by atoms with Gasteiger partial charge in [0.25, 0.3) is 0 Å². The number of carbonyl (C=O) groups is 1. The van der Waals surface area contributed by atoms with E-state index in [1.807, 2.05) is 0 Å². The van der Waals surface area contributed by atoms with Crippen molar-refractivity contribution in [3.8, 4) is 0 Å². The topological polar surface area (TPSA) is 43.8 Å². The molecule has 2 heterocycles. The highest BCUT2D eigenvalue weighted by atomic mass is 16.3. The summed E-state index contributed by atoms with van der Waals surface area (Å²) in [5.74, 6) is 0.271. The first-order chi connectivity index (χ1) is 9.81. The second kappa shape index (κ2) is 8.63. The third-order valence-electron chi connectivity index (χ3n) is 4.76. The zero-order valence-corrected chi connectivity index (χ0v) is 12.7. The first-order valence-corrected chi connectivity index (χ1v) is 8.44. The molecule has 4 heteroatoms. The van der Waals surface area contributed by atoms with Gasteiger partial charge in [-0.3, -0.25) is 9.69 Å². The van der Waals surface area contributed by atoms with Gasteiger partial charge in [-0.15, -0.1) is 0 Å². The lowest BCUT2D eigenvalue weighted by molar-refractivity contribution is -0.133. The molecule has 2 rings (SSSR count). The molecule has 20 heavy (non-hydrogen) atoms. The van der Waals surface area contributed by atoms with E-state index in [0.717, 1.165) is 45.3 Å². The van der Waals surface area contributed by atoms with E-state index in [-0.39, 0.29) is 18.6 Å². The number of hydrogen-bond donors (Lipinski definition) is 1. The maximum atomic E-state index is 12.5. The van der Waals surface area contributed by atoms with E-state index in [0.29, 0.717) is 6.54 Å². The quantitative estimate of drug-likeness (QED) is 0.861. The first kappa shape index (κ1) is 15.8. The smallest absolute Gasteiger partial charge is 0.236 e. The summed E-state index contributed by atoms with van der Waals surface area (Å²) < 4.78 is 0. The summed E-state index contributed by atoms with van der Waals surface area (Å²) in [5.41, 5.74) is 0. The molecule has 2 saturated heterocycles. The number of hydrogen-bond acceptors (Lipinski definition) is 3. The summed E-state index contributed by atoms with van der Waals surface area (Å²) in [6.07, 6.45) is 10.7. The van der Waals surface area contributed by atoms with E-state index in [1.54, 1.807) is 0 Å². The largest absolute Gasteiger partial charge is 0.395 e. The summed E-state index contributed by atoms with van der Waals surface area (Å²) in [5, 5.41) is 9.53. The van der Waals surface area contributed by atoms with Gasteiger partial charge in [0.2, 0.25) is 5.91 Å². The van der Waals surface area contributed by atoms with Crippen molar-refractivity contribution in [3.05, 3.63) is 0 Å². The van der Waals surface area contributed by atoms with Crippen molar-refractivity contribution in [3.63, 3.8) is 0 Å². The SMILES string of the molecule is O=C(CN1CCCCCC1CO)N1CCCCCCC1. The van der Waals surface area contributed by atoms with E-state index < -0.39 is 0 Å². The molecule has 1 atom stereocenters. The fourth-order valence-corrected chi connectivity index (χ4v) is 3.42. The van der Waals surface area contributed by atoms with Crippen molar-refractivity contribution in [1.82, 2.24) is 9.80 Å². The van der Waals surface area contributed by atoms with Gasteiger partial charge in [0.1, 0.15) is 0 Å². The molecule has 1 unspecified atom stereocenters. The van der Waals surface area contributed by atoms with Crippen LogP contribution in [0.1, 0.15) is 57.8 Å². The number of carbonyl (C=O) groups excluding carboxylic acids is 1. The normalized spacial score (nSPS) is 26.6. The average Bonchev–Trinajstić information content (AvgIpc) is 2.63. The van der Waals surface area contributed by atoms with Crippen molar-refractivity contribution >= 4 is 5.91 Å². The summed E-state index contributed by atoms with van der Waals surface area (Å²) in [4.78, 5) is 16.8.